The minimum atomic E-state index is 0.163. The fourth-order valence-electron chi connectivity index (χ4n) is 2.85. The summed E-state index contributed by atoms with van der Waals surface area (Å²) in [6.45, 7) is 8.11. The quantitative estimate of drug-likeness (QED) is 0.869. The van der Waals surface area contributed by atoms with Gasteiger partial charge in [0, 0.05) is 50.1 Å². The molecule has 2 heterocycles. The lowest BCUT2D eigenvalue weighted by atomic mass is 10.0. The van der Waals surface area contributed by atoms with Crippen LogP contribution >= 0.6 is 11.3 Å². The van der Waals surface area contributed by atoms with Crippen LogP contribution in [0.25, 0.3) is 0 Å². The van der Waals surface area contributed by atoms with E-state index in [1.807, 2.05) is 30.1 Å². The van der Waals surface area contributed by atoms with Crippen LogP contribution in [-0.2, 0) is 17.8 Å². The molecule has 2 rings (SSSR count). The smallest absolute Gasteiger partial charge is 0.224 e. The zero-order valence-corrected chi connectivity index (χ0v) is 13.3. The first-order valence-electron chi connectivity index (χ1n) is 7.46. The van der Waals surface area contributed by atoms with Crippen molar-refractivity contribution in [3.05, 3.63) is 21.9 Å². The summed E-state index contributed by atoms with van der Waals surface area (Å²) in [5.74, 6) is 0.224. The van der Waals surface area contributed by atoms with E-state index in [2.05, 4.69) is 16.3 Å². The Morgan fingerprint density at radius 2 is 2.25 bits per heavy atom. The number of amides is 1. The van der Waals surface area contributed by atoms with E-state index in [0.717, 1.165) is 32.6 Å². The molecular formula is C15H25N3OS. The molecule has 20 heavy (non-hydrogen) atoms. The molecule has 0 aliphatic carbocycles. The molecule has 4 nitrogen and oxygen atoms in total. The van der Waals surface area contributed by atoms with E-state index in [9.17, 15) is 4.79 Å². The summed E-state index contributed by atoms with van der Waals surface area (Å²) < 4.78 is 0. The van der Waals surface area contributed by atoms with Gasteiger partial charge in [-0.05, 0) is 37.3 Å². The Hall–Kier alpha value is -0.910. The van der Waals surface area contributed by atoms with Gasteiger partial charge in [0.05, 0.1) is 0 Å². The third-order valence-corrected chi connectivity index (χ3v) is 5.18. The van der Waals surface area contributed by atoms with Crippen molar-refractivity contribution in [2.24, 2.45) is 5.73 Å². The number of carbonyl (C=O) groups excluding carboxylic acids is 1. The lowest BCUT2D eigenvalue weighted by Gasteiger charge is -2.34. The number of carbonyl (C=O) groups is 1. The predicted octanol–water partition coefficient (Wildman–Crippen LogP) is 1.69. The van der Waals surface area contributed by atoms with Crippen molar-refractivity contribution in [1.82, 2.24) is 9.80 Å². The van der Waals surface area contributed by atoms with Gasteiger partial charge in [-0.2, -0.15) is 0 Å². The SMILES string of the molecule is CCN(CC)C(=O)CC(CN)N1CCc2sccc2C1. The molecular weight excluding hydrogens is 270 g/mol. The monoisotopic (exact) mass is 295 g/mol. The minimum absolute atomic E-state index is 0.163. The zero-order chi connectivity index (χ0) is 14.5. The van der Waals surface area contributed by atoms with Crippen LogP contribution < -0.4 is 5.73 Å². The molecule has 0 aromatic carbocycles. The normalized spacial score (nSPS) is 16.8. The van der Waals surface area contributed by atoms with Crippen molar-refractivity contribution < 1.29 is 4.79 Å². The van der Waals surface area contributed by atoms with Gasteiger partial charge in [0.25, 0.3) is 0 Å². The molecule has 1 atom stereocenters. The molecule has 5 heteroatoms. The van der Waals surface area contributed by atoms with Crippen LogP contribution in [0.4, 0.5) is 0 Å². The van der Waals surface area contributed by atoms with Crippen molar-refractivity contribution in [3.8, 4) is 0 Å². The number of hydrogen-bond acceptors (Lipinski definition) is 4. The van der Waals surface area contributed by atoms with Crippen LogP contribution in [0.5, 0.6) is 0 Å². The highest BCUT2D eigenvalue weighted by atomic mass is 32.1. The molecule has 1 aromatic rings. The van der Waals surface area contributed by atoms with Gasteiger partial charge in [0.2, 0.25) is 5.91 Å². The number of fused-ring (bicyclic) bond motifs is 1. The lowest BCUT2D eigenvalue weighted by Crippen LogP contribution is -2.46. The molecule has 0 fully saturated rings. The van der Waals surface area contributed by atoms with Crippen LogP contribution in [0.2, 0.25) is 0 Å². The summed E-state index contributed by atoms with van der Waals surface area (Å²) in [6, 6.07) is 2.36. The highest BCUT2D eigenvalue weighted by Gasteiger charge is 2.26. The highest BCUT2D eigenvalue weighted by Crippen LogP contribution is 2.25. The second kappa shape index (κ2) is 7.20. The maximum atomic E-state index is 12.3. The van der Waals surface area contributed by atoms with Crippen LogP contribution in [0.3, 0.4) is 0 Å². The molecule has 2 N–H and O–H groups in total. The van der Waals surface area contributed by atoms with E-state index in [0.29, 0.717) is 13.0 Å². The molecule has 0 radical (unpaired) electrons. The molecule has 112 valence electrons. The summed E-state index contributed by atoms with van der Waals surface area (Å²) in [5, 5.41) is 2.16. The largest absolute Gasteiger partial charge is 0.343 e. The van der Waals surface area contributed by atoms with E-state index in [-0.39, 0.29) is 11.9 Å². The number of nitrogens with zero attached hydrogens (tertiary/aromatic N) is 2. The third-order valence-electron chi connectivity index (χ3n) is 4.15. The summed E-state index contributed by atoms with van der Waals surface area (Å²) in [7, 11) is 0. The van der Waals surface area contributed by atoms with Crippen LogP contribution in [0.15, 0.2) is 11.4 Å². The van der Waals surface area contributed by atoms with Gasteiger partial charge in [-0.1, -0.05) is 0 Å². The van der Waals surface area contributed by atoms with Gasteiger partial charge in [-0.15, -0.1) is 11.3 Å². The van der Waals surface area contributed by atoms with E-state index in [4.69, 9.17) is 5.73 Å². The molecule has 0 saturated carbocycles. The van der Waals surface area contributed by atoms with Crippen LogP contribution in [0.1, 0.15) is 30.7 Å². The third kappa shape index (κ3) is 3.40. The molecule has 1 aliphatic rings. The molecule has 0 spiro atoms. The molecule has 1 aliphatic heterocycles. The Bertz CT molecular complexity index is 442. The second-order valence-electron chi connectivity index (χ2n) is 5.25. The lowest BCUT2D eigenvalue weighted by molar-refractivity contribution is -0.132. The maximum Gasteiger partial charge on any atom is 0.224 e. The average molecular weight is 295 g/mol. The first-order chi connectivity index (χ1) is 9.69. The van der Waals surface area contributed by atoms with E-state index < -0.39 is 0 Å². The van der Waals surface area contributed by atoms with Gasteiger partial charge in [-0.3, -0.25) is 9.69 Å². The summed E-state index contributed by atoms with van der Waals surface area (Å²) >= 11 is 1.84. The average Bonchev–Trinajstić information content (AvgIpc) is 2.93. The molecule has 1 aromatic heterocycles. The molecule has 0 bridgehead atoms. The Balaban J connectivity index is 1.97. The fourth-order valence-corrected chi connectivity index (χ4v) is 3.74. The van der Waals surface area contributed by atoms with Crippen molar-refractivity contribution in [1.29, 1.82) is 0 Å². The predicted molar refractivity (Wildman–Crippen MR) is 83.8 cm³/mol. The number of thiophene rings is 1. The van der Waals surface area contributed by atoms with Gasteiger partial charge in [-0.25, -0.2) is 0 Å². The zero-order valence-electron chi connectivity index (χ0n) is 12.5. The standard InChI is InChI=1S/C15H25N3OS/c1-3-17(4-2)15(19)9-13(10-16)18-7-5-14-12(11-18)6-8-20-14/h6,8,13H,3-5,7,9-11,16H2,1-2H3. The maximum absolute atomic E-state index is 12.3. The van der Waals surface area contributed by atoms with Gasteiger partial charge >= 0.3 is 0 Å². The van der Waals surface area contributed by atoms with Crippen LogP contribution in [-0.4, -0.2) is 47.9 Å². The Morgan fingerprint density at radius 3 is 2.90 bits per heavy atom. The first kappa shape index (κ1) is 15.5. The summed E-state index contributed by atoms with van der Waals surface area (Å²) in [4.78, 5) is 18.0. The minimum Gasteiger partial charge on any atom is -0.343 e. The molecule has 0 saturated heterocycles. The topological polar surface area (TPSA) is 49.6 Å². The Morgan fingerprint density at radius 1 is 1.50 bits per heavy atom. The molecule has 1 unspecified atom stereocenters. The van der Waals surface area contributed by atoms with Crippen molar-refractivity contribution in [2.75, 3.05) is 26.2 Å². The van der Waals surface area contributed by atoms with Crippen LogP contribution in [0, 0.1) is 0 Å². The van der Waals surface area contributed by atoms with Crippen molar-refractivity contribution in [3.63, 3.8) is 0 Å². The van der Waals surface area contributed by atoms with Gasteiger partial charge in [0.15, 0.2) is 0 Å². The first-order valence-corrected chi connectivity index (χ1v) is 8.34. The van der Waals surface area contributed by atoms with Gasteiger partial charge < -0.3 is 10.6 Å². The second-order valence-corrected chi connectivity index (χ2v) is 6.25. The number of rotatable bonds is 6. The summed E-state index contributed by atoms with van der Waals surface area (Å²) in [6.07, 6.45) is 1.63. The Labute approximate surface area is 125 Å². The van der Waals surface area contributed by atoms with E-state index in [1.165, 1.54) is 10.4 Å². The van der Waals surface area contributed by atoms with Crippen molar-refractivity contribution >= 4 is 17.2 Å². The fraction of sp³-hybridized carbons (Fsp3) is 0.667. The highest BCUT2D eigenvalue weighted by molar-refractivity contribution is 7.10. The summed E-state index contributed by atoms with van der Waals surface area (Å²) in [5.41, 5.74) is 7.33. The molecule has 1 amide bonds. The van der Waals surface area contributed by atoms with E-state index >= 15 is 0 Å². The van der Waals surface area contributed by atoms with Gasteiger partial charge in [0.1, 0.15) is 0 Å². The number of hydrogen-bond donors (Lipinski definition) is 1. The van der Waals surface area contributed by atoms with E-state index in [1.54, 1.807) is 0 Å². The number of nitrogens with two attached hydrogens (primary N) is 1. The Kier molecular flexibility index (Phi) is 5.57. The van der Waals surface area contributed by atoms with Crippen molar-refractivity contribution in [2.45, 2.75) is 39.3 Å².